The summed E-state index contributed by atoms with van der Waals surface area (Å²) in [5, 5.41) is 0. The van der Waals surface area contributed by atoms with Crippen LogP contribution in [0.15, 0.2) is 40.3 Å². The lowest BCUT2D eigenvalue weighted by atomic mass is 10.1. The van der Waals surface area contributed by atoms with Crippen LogP contribution in [0.2, 0.25) is 0 Å². The summed E-state index contributed by atoms with van der Waals surface area (Å²) in [5.41, 5.74) is 2.98. The van der Waals surface area contributed by atoms with Crippen LogP contribution < -0.4 is 0 Å². The molecule has 19 heavy (non-hydrogen) atoms. The predicted molar refractivity (Wildman–Crippen MR) is 70.7 cm³/mol. The molecule has 1 saturated heterocycles. The van der Waals surface area contributed by atoms with Crippen LogP contribution in [0.3, 0.4) is 0 Å². The molecule has 0 unspecified atom stereocenters. The molecule has 0 atom stereocenters. The van der Waals surface area contributed by atoms with E-state index in [1.54, 1.807) is 0 Å². The molecule has 1 aromatic rings. The van der Waals surface area contributed by atoms with E-state index in [1.165, 1.54) is 52.6 Å². The van der Waals surface area contributed by atoms with Gasteiger partial charge in [-0.3, -0.25) is 0 Å². The Kier molecular flexibility index (Phi) is 3.19. The van der Waals surface area contributed by atoms with Gasteiger partial charge in [-0.1, -0.05) is 11.1 Å². The van der Waals surface area contributed by atoms with Crippen molar-refractivity contribution >= 4 is 10.0 Å². The first-order valence-electron chi connectivity index (χ1n) is 6.53. The summed E-state index contributed by atoms with van der Waals surface area (Å²) in [4.78, 5) is 0.177. The summed E-state index contributed by atoms with van der Waals surface area (Å²) in [6.45, 7) is 1.08. The molecule has 2 fully saturated rings. The second kappa shape index (κ2) is 4.72. The minimum atomic E-state index is -3.46. The van der Waals surface area contributed by atoms with Gasteiger partial charge in [0.05, 0.1) is 4.90 Å². The fourth-order valence-electron chi connectivity index (χ4n) is 2.52. The number of hydrogen-bond donors (Lipinski definition) is 0. The number of allylic oxidation sites excluding steroid dienone is 1. The van der Waals surface area contributed by atoms with Crippen molar-refractivity contribution in [3.05, 3.63) is 41.2 Å². The number of halogens is 1. The Hall–Kier alpha value is -1.20. The van der Waals surface area contributed by atoms with Crippen LogP contribution in [-0.4, -0.2) is 25.8 Å². The molecule has 2 aliphatic rings. The van der Waals surface area contributed by atoms with Gasteiger partial charge in [0.1, 0.15) is 5.82 Å². The molecule has 1 aliphatic carbocycles. The SMILES string of the molecule is O=S(=O)(c1ccc(F)cc1)N1CCC(=C2CC2)CC1. The average molecular weight is 281 g/mol. The van der Waals surface area contributed by atoms with Crippen LogP contribution in [0.4, 0.5) is 4.39 Å². The normalized spacial score (nSPS) is 20.7. The molecule has 1 aliphatic heterocycles. The highest BCUT2D eigenvalue weighted by atomic mass is 32.2. The second-order valence-corrected chi connectivity index (χ2v) is 7.00. The Morgan fingerprint density at radius 3 is 1.95 bits per heavy atom. The first-order chi connectivity index (χ1) is 9.07. The Bertz CT molecular complexity index is 603. The first kappa shape index (κ1) is 12.8. The highest BCUT2D eigenvalue weighted by Gasteiger charge is 2.29. The van der Waals surface area contributed by atoms with Gasteiger partial charge in [0.25, 0.3) is 0 Å². The molecule has 0 N–H and O–H groups in total. The number of sulfonamides is 1. The zero-order valence-corrected chi connectivity index (χ0v) is 11.4. The van der Waals surface area contributed by atoms with Crippen molar-refractivity contribution in [1.82, 2.24) is 4.31 Å². The van der Waals surface area contributed by atoms with Gasteiger partial charge in [-0.2, -0.15) is 4.31 Å². The van der Waals surface area contributed by atoms with Crippen molar-refractivity contribution in [3.63, 3.8) is 0 Å². The van der Waals surface area contributed by atoms with Gasteiger partial charge in [-0.05, 0) is 49.9 Å². The topological polar surface area (TPSA) is 37.4 Å². The molecule has 1 heterocycles. The van der Waals surface area contributed by atoms with Crippen LogP contribution in [0, 0.1) is 5.82 Å². The lowest BCUT2D eigenvalue weighted by molar-refractivity contribution is 0.386. The van der Waals surface area contributed by atoms with E-state index in [2.05, 4.69) is 0 Å². The Morgan fingerprint density at radius 2 is 1.42 bits per heavy atom. The van der Waals surface area contributed by atoms with E-state index >= 15 is 0 Å². The molecule has 102 valence electrons. The van der Waals surface area contributed by atoms with Gasteiger partial charge >= 0.3 is 0 Å². The van der Waals surface area contributed by atoms with Crippen LogP contribution in [0.25, 0.3) is 0 Å². The maximum atomic E-state index is 12.8. The third kappa shape index (κ3) is 2.58. The number of benzene rings is 1. The van der Waals surface area contributed by atoms with Crippen LogP contribution >= 0.6 is 0 Å². The van der Waals surface area contributed by atoms with Gasteiger partial charge in [0, 0.05) is 13.1 Å². The van der Waals surface area contributed by atoms with Crippen molar-refractivity contribution < 1.29 is 12.8 Å². The Labute approximate surface area is 112 Å². The van der Waals surface area contributed by atoms with Gasteiger partial charge in [-0.15, -0.1) is 0 Å². The zero-order valence-electron chi connectivity index (χ0n) is 10.6. The maximum Gasteiger partial charge on any atom is 0.243 e. The molecule has 1 saturated carbocycles. The minimum absolute atomic E-state index is 0.177. The van der Waals surface area contributed by atoms with Gasteiger partial charge in [-0.25, -0.2) is 12.8 Å². The number of hydrogen-bond acceptors (Lipinski definition) is 2. The fourth-order valence-corrected chi connectivity index (χ4v) is 3.96. The summed E-state index contributed by atoms with van der Waals surface area (Å²) in [7, 11) is -3.46. The molecule has 0 aromatic heterocycles. The smallest absolute Gasteiger partial charge is 0.207 e. The molecule has 0 radical (unpaired) electrons. The molecule has 5 heteroatoms. The summed E-state index contributed by atoms with van der Waals surface area (Å²) in [6.07, 6.45) is 4.08. The first-order valence-corrected chi connectivity index (χ1v) is 7.97. The molecule has 0 bridgehead atoms. The molecule has 0 amide bonds. The zero-order chi connectivity index (χ0) is 13.5. The third-order valence-electron chi connectivity index (χ3n) is 3.78. The lowest BCUT2D eigenvalue weighted by Crippen LogP contribution is -2.36. The summed E-state index contributed by atoms with van der Waals surface area (Å²) in [5.74, 6) is -0.418. The van der Waals surface area contributed by atoms with Crippen molar-refractivity contribution in [3.8, 4) is 0 Å². The van der Waals surface area contributed by atoms with E-state index in [9.17, 15) is 12.8 Å². The van der Waals surface area contributed by atoms with Crippen molar-refractivity contribution in [2.45, 2.75) is 30.6 Å². The van der Waals surface area contributed by atoms with Gasteiger partial charge in [0.15, 0.2) is 0 Å². The van der Waals surface area contributed by atoms with Crippen LogP contribution in [0.1, 0.15) is 25.7 Å². The molecule has 3 rings (SSSR count). The summed E-state index contributed by atoms with van der Waals surface area (Å²) in [6, 6.07) is 5.04. The van der Waals surface area contributed by atoms with E-state index in [0.29, 0.717) is 13.1 Å². The predicted octanol–water partition coefficient (Wildman–Crippen LogP) is 2.70. The van der Waals surface area contributed by atoms with E-state index in [1.807, 2.05) is 0 Å². The summed E-state index contributed by atoms with van der Waals surface area (Å²) < 4.78 is 39.1. The van der Waals surface area contributed by atoms with E-state index < -0.39 is 15.8 Å². The van der Waals surface area contributed by atoms with Gasteiger partial charge in [0.2, 0.25) is 10.0 Å². The second-order valence-electron chi connectivity index (χ2n) is 5.07. The average Bonchev–Trinajstić information content (AvgIpc) is 3.24. The largest absolute Gasteiger partial charge is 0.243 e. The highest BCUT2D eigenvalue weighted by Crippen LogP contribution is 2.36. The maximum absolute atomic E-state index is 12.8. The van der Waals surface area contributed by atoms with E-state index in [4.69, 9.17) is 0 Å². The van der Waals surface area contributed by atoms with Crippen molar-refractivity contribution in [2.75, 3.05) is 13.1 Å². The number of rotatable bonds is 2. The fraction of sp³-hybridized carbons (Fsp3) is 0.429. The Morgan fingerprint density at radius 1 is 0.895 bits per heavy atom. The minimum Gasteiger partial charge on any atom is -0.207 e. The summed E-state index contributed by atoms with van der Waals surface area (Å²) >= 11 is 0. The van der Waals surface area contributed by atoms with Crippen LogP contribution in [-0.2, 0) is 10.0 Å². The number of piperidine rings is 1. The highest BCUT2D eigenvalue weighted by molar-refractivity contribution is 7.89. The molecule has 0 spiro atoms. The van der Waals surface area contributed by atoms with E-state index in [-0.39, 0.29) is 4.90 Å². The standard InChI is InChI=1S/C14H16FNO2S/c15-13-3-5-14(6-4-13)19(17,18)16-9-7-12(8-10-16)11-1-2-11/h3-6H,1-2,7-10H2. The molecular weight excluding hydrogens is 265 g/mol. The lowest BCUT2D eigenvalue weighted by Gasteiger charge is -2.27. The number of nitrogens with zero attached hydrogens (tertiary/aromatic N) is 1. The quantitative estimate of drug-likeness (QED) is 0.782. The third-order valence-corrected chi connectivity index (χ3v) is 5.69. The Balaban J connectivity index is 1.78. The van der Waals surface area contributed by atoms with Crippen LogP contribution in [0.5, 0.6) is 0 Å². The van der Waals surface area contributed by atoms with E-state index in [0.717, 1.165) is 12.8 Å². The molecule has 3 nitrogen and oxygen atoms in total. The molecular formula is C14H16FNO2S. The van der Waals surface area contributed by atoms with Crippen molar-refractivity contribution in [1.29, 1.82) is 0 Å². The monoisotopic (exact) mass is 281 g/mol. The molecule has 1 aromatic carbocycles. The van der Waals surface area contributed by atoms with Crippen molar-refractivity contribution in [2.24, 2.45) is 0 Å². The van der Waals surface area contributed by atoms with Gasteiger partial charge < -0.3 is 0 Å².